The summed E-state index contributed by atoms with van der Waals surface area (Å²) in [5.41, 5.74) is -0.983. The van der Waals surface area contributed by atoms with Crippen molar-refractivity contribution in [2.75, 3.05) is 13.1 Å². The van der Waals surface area contributed by atoms with E-state index in [-0.39, 0.29) is 25.0 Å². The molecule has 0 spiro atoms. The Hall–Kier alpha value is -2.61. The fourth-order valence-electron chi connectivity index (χ4n) is 2.33. The number of aromatic amines is 1. The Bertz CT molecular complexity index is 857. The highest BCUT2D eigenvalue weighted by Crippen LogP contribution is 2.24. The summed E-state index contributed by atoms with van der Waals surface area (Å²) < 4.78 is 6.92. The van der Waals surface area contributed by atoms with Gasteiger partial charge in [-0.05, 0) is 12.1 Å². The summed E-state index contributed by atoms with van der Waals surface area (Å²) >= 11 is 5.97. The summed E-state index contributed by atoms with van der Waals surface area (Å²) in [7, 11) is 0. The van der Waals surface area contributed by atoms with Gasteiger partial charge in [0, 0.05) is 31.4 Å². The molecule has 2 aromatic heterocycles. The minimum atomic E-state index is -0.523. The molecule has 9 heteroatoms. The first-order valence-electron chi connectivity index (χ1n) is 7.37. The average Bonchev–Trinajstić information content (AvgIpc) is 2.51. The van der Waals surface area contributed by atoms with Crippen LogP contribution in [0.5, 0.6) is 5.88 Å². The molecular weight excluding hydrogens is 336 g/mol. The normalized spacial score (nSPS) is 14.3. The number of carbonyl (C=O) groups is 1. The lowest BCUT2D eigenvalue weighted by atomic mass is 10.1. The molecule has 0 atom stereocenters. The summed E-state index contributed by atoms with van der Waals surface area (Å²) in [6.07, 6.45) is 2.99. The quantitative estimate of drug-likeness (QED) is 0.834. The minimum Gasteiger partial charge on any atom is -0.470 e. The number of aromatic nitrogens is 3. The van der Waals surface area contributed by atoms with Crippen LogP contribution in [0.15, 0.2) is 40.2 Å². The predicted octanol–water partition coefficient (Wildman–Crippen LogP) is 0.265. The van der Waals surface area contributed by atoms with Gasteiger partial charge in [0.15, 0.2) is 0 Å². The van der Waals surface area contributed by atoms with Crippen LogP contribution in [0.1, 0.15) is 6.42 Å². The smallest absolute Gasteiger partial charge is 0.328 e. The van der Waals surface area contributed by atoms with Gasteiger partial charge in [-0.25, -0.2) is 9.78 Å². The van der Waals surface area contributed by atoms with Gasteiger partial charge >= 0.3 is 5.69 Å². The number of nitrogens with one attached hydrogen (secondary N) is 1. The average molecular weight is 351 g/mol. The maximum absolute atomic E-state index is 12.1. The lowest BCUT2D eigenvalue weighted by Crippen LogP contribution is -2.56. The predicted molar refractivity (Wildman–Crippen MR) is 86.2 cm³/mol. The zero-order valence-corrected chi connectivity index (χ0v) is 13.4. The fraction of sp³-hybridized carbons (Fsp3) is 0.333. The lowest BCUT2D eigenvalue weighted by Gasteiger charge is -2.38. The molecule has 1 saturated heterocycles. The monoisotopic (exact) mass is 350 g/mol. The molecule has 1 aliphatic rings. The first kappa shape index (κ1) is 16.3. The second-order valence-corrected chi connectivity index (χ2v) is 5.79. The molecule has 0 aromatic carbocycles. The number of aryl methyl sites for hydroxylation is 1. The van der Waals surface area contributed by atoms with E-state index in [1.807, 2.05) is 0 Å². The Morgan fingerprint density at radius 1 is 1.38 bits per heavy atom. The van der Waals surface area contributed by atoms with E-state index in [1.165, 1.54) is 16.8 Å². The van der Waals surface area contributed by atoms with E-state index in [4.69, 9.17) is 16.3 Å². The largest absolute Gasteiger partial charge is 0.470 e. The third-order valence-electron chi connectivity index (χ3n) is 3.67. The number of rotatable bonds is 5. The molecule has 0 saturated carbocycles. The van der Waals surface area contributed by atoms with Crippen molar-refractivity contribution in [1.29, 1.82) is 0 Å². The number of hydrogen-bond acceptors (Lipinski definition) is 5. The number of amides is 1. The zero-order chi connectivity index (χ0) is 17.1. The highest BCUT2D eigenvalue weighted by molar-refractivity contribution is 6.31. The van der Waals surface area contributed by atoms with Crippen LogP contribution in [0, 0.1) is 0 Å². The molecule has 2 aromatic rings. The van der Waals surface area contributed by atoms with Crippen molar-refractivity contribution in [3.05, 3.63) is 56.5 Å². The number of pyridine rings is 1. The standard InChI is InChI=1S/C15H15ClN4O4/c16-11-2-1-5-17-14(11)24-10-8-20(9-10)13(22)4-7-19-6-3-12(21)18-15(19)23/h1-3,5-6,10H,4,7-9H2,(H,18,21,23). The maximum atomic E-state index is 12.1. The molecule has 1 N–H and O–H groups in total. The molecule has 1 aliphatic heterocycles. The van der Waals surface area contributed by atoms with E-state index in [9.17, 15) is 14.4 Å². The summed E-state index contributed by atoms with van der Waals surface area (Å²) in [4.78, 5) is 42.4. The van der Waals surface area contributed by atoms with Gasteiger partial charge in [0.1, 0.15) is 11.1 Å². The molecule has 126 valence electrons. The van der Waals surface area contributed by atoms with Crippen molar-refractivity contribution in [3.8, 4) is 5.88 Å². The second-order valence-electron chi connectivity index (χ2n) is 5.38. The molecule has 0 radical (unpaired) electrons. The Kier molecular flexibility index (Phi) is 4.66. The van der Waals surface area contributed by atoms with Crippen molar-refractivity contribution < 1.29 is 9.53 Å². The van der Waals surface area contributed by atoms with Gasteiger partial charge in [-0.1, -0.05) is 11.6 Å². The number of carbonyl (C=O) groups excluding carboxylic acids is 1. The van der Waals surface area contributed by atoms with Gasteiger partial charge in [-0.2, -0.15) is 0 Å². The SMILES string of the molecule is O=C(CCn1ccc(=O)[nH]c1=O)N1CC(Oc2ncccc2Cl)C1. The van der Waals surface area contributed by atoms with Crippen molar-refractivity contribution in [2.45, 2.75) is 19.1 Å². The van der Waals surface area contributed by atoms with Crippen LogP contribution in [0.25, 0.3) is 0 Å². The molecule has 0 aliphatic carbocycles. The zero-order valence-electron chi connectivity index (χ0n) is 12.6. The summed E-state index contributed by atoms with van der Waals surface area (Å²) in [6.45, 7) is 1.11. The van der Waals surface area contributed by atoms with Crippen LogP contribution in [-0.2, 0) is 11.3 Å². The maximum Gasteiger partial charge on any atom is 0.328 e. The Labute approximate surface area is 141 Å². The highest BCUT2D eigenvalue weighted by atomic mass is 35.5. The molecular formula is C15H15ClN4O4. The Morgan fingerprint density at radius 3 is 2.88 bits per heavy atom. The molecule has 8 nitrogen and oxygen atoms in total. The van der Waals surface area contributed by atoms with Crippen molar-refractivity contribution in [1.82, 2.24) is 19.4 Å². The van der Waals surface area contributed by atoms with E-state index >= 15 is 0 Å². The molecule has 1 fully saturated rings. The van der Waals surface area contributed by atoms with E-state index in [1.54, 1.807) is 23.2 Å². The van der Waals surface area contributed by atoms with Gasteiger partial charge in [0.2, 0.25) is 11.8 Å². The summed E-state index contributed by atoms with van der Waals surface area (Å²) in [5.74, 6) is 0.274. The lowest BCUT2D eigenvalue weighted by molar-refractivity contribution is -0.140. The van der Waals surface area contributed by atoms with Gasteiger partial charge < -0.3 is 14.2 Å². The topological polar surface area (TPSA) is 97.3 Å². The van der Waals surface area contributed by atoms with E-state index in [2.05, 4.69) is 9.97 Å². The third kappa shape index (κ3) is 3.65. The van der Waals surface area contributed by atoms with Gasteiger partial charge in [-0.15, -0.1) is 0 Å². The molecule has 3 rings (SSSR count). The van der Waals surface area contributed by atoms with Crippen LogP contribution in [0.3, 0.4) is 0 Å². The van der Waals surface area contributed by atoms with Crippen LogP contribution in [0.4, 0.5) is 0 Å². The van der Waals surface area contributed by atoms with Crippen molar-refractivity contribution in [2.24, 2.45) is 0 Å². The van der Waals surface area contributed by atoms with Gasteiger partial charge in [-0.3, -0.25) is 14.6 Å². The Morgan fingerprint density at radius 2 is 2.17 bits per heavy atom. The second kappa shape index (κ2) is 6.88. The number of ether oxygens (including phenoxy) is 1. The van der Waals surface area contributed by atoms with Crippen LogP contribution >= 0.6 is 11.6 Å². The molecule has 3 heterocycles. The van der Waals surface area contributed by atoms with Crippen LogP contribution in [-0.4, -0.2) is 44.5 Å². The third-order valence-corrected chi connectivity index (χ3v) is 3.95. The first-order chi connectivity index (χ1) is 11.5. The van der Waals surface area contributed by atoms with Crippen LogP contribution in [0.2, 0.25) is 5.02 Å². The van der Waals surface area contributed by atoms with E-state index < -0.39 is 11.2 Å². The number of nitrogens with zero attached hydrogens (tertiary/aromatic N) is 3. The first-order valence-corrected chi connectivity index (χ1v) is 7.75. The van der Waals surface area contributed by atoms with Crippen LogP contribution < -0.4 is 16.0 Å². The van der Waals surface area contributed by atoms with Crippen molar-refractivity contribution >= 4 is 17.5 Å². The summed E-state index contributed by atoms with van der Waals surface area (Å²) in [6, 6.07) is 4.65. The number of hydrogen-bond donors (Lipinski definition) is 1. The molecule has 24 heavy (non-hydrogen) atoms. The molecule has 0 bridgehead atoms. The van der Waals surface area contributed by atoms with E-state index in [0.29, 0.717) is 24.0 Å². The van der Waals surface area contributed by atoms with E-state index in [0.717, 1.165) is 0 Å². The molecule has 0 unspecified atom stereocenters. The number of halogens is 1. The summed E-state index contributed by atoms with van der Waals surface area (Å²) in [5, 5.41) is 0.430. The van der Waals surface area contributed by atoms with Gasteiger partial charge in [0.05, 0.1) is 13.1 Å². The number of likely N-dealkylation sites (tertiary alicyclic amines) is 1. The highest BCUT2D eigenvalue weighted by Gasteiger charge is 2.32. The van der Waals surface area contributed by atoms with Gasteiger partial charge in [0.25, 0.3) is 5.56 Å². The molecule has 1 amide bonds. The van der Waals surface area contributed by atoms with Crippen molar-refractivity contribution in [3.63, 3.8) is 0 Å². The minimum absolute atomic E-state index is 0.0833. The Balaban J connectivity index is 1.47. The fourth-order valence-corrected chi connectivity index (χ4v) is 2.49. The number of H-pyrrole nitrogens is 1.